The van der Waals surface area contributed by atoms with E-state index in [1.165, 1.54) is 11.8 Å². The summed E-state index contributed by atoms with van der Waals surface area (Å²) in [5.74, 6) is 0.00650. The predicted molar refractivity (Wildman–Crippen MR) is 157 cm³/mol. The number of hydrogen-bond donors (Lipinski definition) is 1. The van der Waals surface area contributed by atoms with Crippen LogP contribution in [-0.4, -0.2) is 52.0 Å². The van der Waals surface area contributed by atoms with Gasteiger partial charge in [-0.1, -0.05) is 48.2 Å². The molecule has 2 heterocycles. The first-order chi connectivity index (χ1) is 18.9. The van der Waals surface area contributed by atoms with E-state index < -0.39 is 5.97 Å². The van der Waals surface area contributed by atoms with Crippen LogP contribution in [0.25, 0.3) is 28.1 Å². The second kappa shape index (κ2) is 11.3. The van der Waals surface area contributed by atoms with Crippen molar-refractivity contribution in [2.75, 3.05) is 20.8 Å². The first-order valence-electron chi connectivity index (χ1n) is 12.1. The zero-order valence-corrected chi connectivity index (χ0v) is 22.8. The number of thiocarbonyl (C=S) groups is 1. The average molecular weight is 557 g/mol. The molecule has 196 valence electrons. The number of carboxylic acids is 1. The number of pyridine rings is 1. The monoisotopic (exact) mass is 556 g/mol. The fourth-order valence-corrected chi connectivity index (χ4v) is 5.73. The third-order valence-electron chi connectivity index (χ3n) is 6.41. The van der Waals surface area contributed by atoms with E-state index in [0.717, 1.165) is 33.2 Å². The number of carbonyl (C=O) groups excluding carboxylic acids is 1. The predicted octanol–water partition coefficient (Wildman–Crippen LogP) is 6.06. The molecule has 5 rings (SSSR count). The molecule has 7 nitrogen and oxygen atoms in total. The van der Waals surface area contributed by atoms with Crippen molar-refractivity contribution in [2.45, 2.75) is 6.42 Å². The van der Waals surface area contributed by atoms with Gasteiger partial charge in [0.25, 0.3) is 5.91 Å². The molecule has 1 fully saturated rings. The Hall–Kier alpha value is -4.21. The Balaban J connectivity index is 1.42. The molecule has 0 aliphatic carbocycles. The number of carboxylic acid groups (broad SMARTS) is 1. The third-order valence-corrected chi connectivity index (χ3v) is 7.79. The normalized spacial score (nSPS) is 14.3. The molecule has 0 bridgehead atoms. The van der Waals surface area contributed by atoms with Gasteiger partial charge in [0.2, 0.25) is 0 Å². The zero-order chi connectivity index (χ0) is 27.5. The highest BCUT2D eigenvalue weighted by Crippen LogP contribution is 2.41. The van der Waals surface area contributed by atoms with Gasteiger partial charge in [-0.3, -0.25) is 14.7 Å². The number of fused-ring (bicyclic) bond motifs is 1. The molecule has 1 aliphatic rings. The van der Waals surface area contributed by atoms with Gasteiger partial charge < -0.3 is 14.6 Å². The maximum atomic E-state index is 13.3. The van der Waals surface area contributed by atoms with E-state index in [1.54, 1.807) is 49.6 Å². The van der Waals surface area contributed by atoms with Crippen LogP contribution < -0.4 is 9.47 Å². The lowest BCUT2D eigenvalue weighted by Crippen LogP contribution is -2.30. The number of carbonyl (C=O) groups is 2. The lowest BCUT2D eigenvalue weighted by molar-refractivity contribution is -0.122. The Morgan fingerprint density at radius 2 is 1.87 bits per heavy atom. The van der Waals surface area contributed by atoms with Crippen molar-refractivity contribution in [3.05, 3.63) is 94.5 Å². The van der Waals surface area contributed by atoms with Crippen LogP contribution >= 0.6 is 24.0 Å². The van der Waals surface area contributed by atoms with Crippen LogP contribution in [0.4, 0.5) is 0 Å². The molecule has 1 N–H and O–H groups in total. The minimum atomic E-state index is -0.973. The van der Waals surface area contributed by atoms with Gasteiger partial charge in [0, 0.05) is 23.7 Å². The van der Waals surface area contributed by atoms with E-state index in [9.17, 15) is 9.59 Å². The Kier molecular flexibility index (Phi) is 7.63. The van der Waals surface area contributed by atoms with Gasteiger partial charge >= 0.3 is 5.97 Å². The highest BCUT2D eigenvalue weighted by molar-refractivity contribution is 8.26. The van der Waals surface area contributed by atoms with Crippen molar-refractivity contribution in [1.82, 2.24) is 9.88 Å². The quantitative estimate of drug-likeness (QED) is 0.207. The molecule has 3 aromatic carbocycles. The van der Waals surface area contributed by atoms with E-state index in [-0.39, 0.29) is 11.5 Å². The molecule has 0 saturated carbocycles. The molecule has 1 aliphatic heterocycles. The van der Waals surface area contributed by atoms with Crippen molar-refractivity contribution in [3.63, 3.8) is 0 Å². The van der Waals surface area contributed by atoms with Gasteiger partial charge in [0.15, 0.2) is 11.5 Å². The summed E-state index contributed by atoms with van der Waals surface area (Å²) in [5, 5.41) is 10.1. The van der Waals surface area contributed by atoms with Crippen molar-refractivity contribution in [1.29, 1.82) is 0 Å². The highest BCUT2D eigenvalue weighted by Gasteiger charge is 2.32. The Bertz CT molecular complexity index is 1630. The van der Waals surface area contributed by atoms with Crippen LogP contribution in [0.15, 0.2) is 77.8 Å². The summed E-state index contributed by atoms with van der Waals surface area (Å²) >= 11 is 6.77. The topological polar surface area (TPSA) is 89.0 Å². The van der Waals surface area contributed by atoms with Crippen LogP contribution in [0.5, 0.6) is 11.5 Å². The summed E-state index contributed by atoms with van der Waals surface area (Å²) < 4.78 is 11.8. The molecule has 1 amide bonds. The molecule has 9 heteroatoms. The summed E-state index contributed by atoms with van der Waals surface area (Å²) in [5.41, 5.74) is 4.58. The summed E-state index contributed by atoms with van der Waals surface area (Å²) in [6.45, 7) is 0.400. The first kappa shape index (κ1) is 26.4. The van der Waals surface area contributed by atoms with Crippen LogP contribution in [0.2, 0.25) is 0 Å². The van der Waals surface area contributed by atoms with Gasteiger partial charge in [-0.15, -0.1) is 0 Å². The number of aromatic nitrogens is 1. The standard InChI is InChI=1S/C30H24N2O5S2/c1-36-25-15-19(14-23(27(25)37-2)21-9-10-24-22(17-21)4-3-12-31-24)16-26-28(33)32(30(38)39-26)13-11-18-5-7-20(8-6-18)29(34)35/h3-10,12,14-17H,11,13H2,1-2H3,(H,34,35). The summed E-state index contributed by atoms with van der Waals surface area (Å²) in [6, 6.07) is 20.3. The summed E-state index contributed by atoms with van der Waals surface area (Å²) in [7, 11) is 3.18. The second-order valence-corrected chi connectivity index (χ2v) is 10.5. The molecule has 0 unspecified atom stereocenters. The summed E-state index contributed by atoms with van der Waals surface area (Å²) in [6.07, 6.45) is 4.13. The molecular formula is C30H24N2O5S2. The number of rotatable bonds is 8. The third kappa shape index (κ3) is 5.50. The van der Waals surface area contributed by atoms with E-state index in [0.29, 0.717) is 33.7 Å². The van der Waals surface area contributed by atoms with Crippen LogP contribution in [-0.2, 0) is 11.2 Å². The number of nitrogens with zero attached hydrogens (tertiary/aromatic N) is 2. The fraction of sp³-hybridized carbons (Fsp3) is 0.133. The molecule has 0 spiro atoms. The first-order valence-corrected chi connectivity index (χ1v) is 13.3. The smallest absolute Gasteiger partial charge is 0.335 e. The van der Waals surface area contributed by atoms with E-state index in [2.05, 4.69) is 4.98 Å². The molecule has 1 aromatic heterocycles. The number of methoxy groups -OCH3 is 2. The molecule has 0 atom stereocenters. The average Bonchev–Trinajstić information content (AvgIpc) is 3.22. The Labute approximate surface area is 235 Å². The lowest BCUT2D eigenvalue weighted by Gasteiger charge is -2.15. The minimum absolute atomic E-state index is 0.166. The van der Waals surface area contributed by atoms with Gasteiger partial charge in [-0.2, -0.15) is 0 Å². The van der Waals surface area contributed by atoms with Crippen LogP contribution in [0, 0.1) is 0 Å². The number of hydrogen-bond acceptors (Lipinski definition) is 7. The fourth-order valence-electron chi connectivity index (χ4n) is 4.43. The van der Waals surface area contributed by atoms with Gasteiger partial charge in [-0.05, 0) is 71.7 Å². The maximum absolute atomic E-state index is 13.3. The van der Waals surface area contributed by atoms with Crippen molar-refractivity contribution in [3.8, 4) is 22.6 Å². The van der Waals surface area contributed by atoms with Gasteiger partial charge in [-0.25, -0.2) is 4.79 Å². The Morgan fingerprint density at radius 1 is 1.08 bits per heavy atom. The Morgan fingerprint density at radius 3 is 2.59 bits per heavy atom. The molecule has 0 radical (unpaired) electrons. The molecule has 4 aromatic rings. The largest absolute Gasteiger partial charge is 0.493 e. The van der Waals surface area contributed by atoms with Gasteiger partial charge in [0.1, 0.15) is 4.32 Å². The van der Waals surface area contributed by atoms with Crippen LogP contribution in [0.1, 0.15) is 21.5 Å². The van der Waals surface area contributed by atoms with Crippen molar-refractivity contribution in [2.24, 2.45) is 0 Å². The van der Waals surface area contributed by atoms with Crippen LogP contribution in [0.3, 0.4) is 0 Å². The second-order valence-electron chi connectivity index (χ2n) is 8.80. The SMILES string of the molecule is COc1cc(C=C2SC(=S)N(CCc3ccc(C(=O)O)cc3)C2=O)cc(-c2ccc3ncccc3c2)c1OC. The number of benzene rings is 3. The molecule has 39 heavy (non-hydrogen) atoms. The van der Waals surface area contributed by atoms with E-state index >= 15 is 0 Å². The number of aromatic carboxylic acids is 1. The zero-order valence-electron chi connectivity index (χ0n) is 21.2. The highest BCUT2D eigenvalue weighted by atomic mass is 32.2. The lowest BCUT2D eigenvalue weighted by atomic mass is 9.99. The summed E-state index contributed by atoms with van der Waals surface area (Å²) in [4.78, 5) is 30.9. The number of thioether (sulfide) groups is 1. The maximum Gasteiger partial charge on any atom is 0.335 e. The molecular weight excluding hydrogens is 532 g/mol. The van der Waals surface area contributed by atoms with Crippen molar-refractivity contribution >= 4 is 57.2 Å². The van der Waals surface area contributed by atoms with Gasteiger partial charge in [0.05, 0.1) is 30.2 Å². The number of amides is 1. The number of ether oxygens (including phenoxy) is 2. The van der Waals surface area contributed by atoms with E-state index in [1.807, 2.05) is 48.5 Å². The minimum Gasteiger partial charge on any atom is -0.493 e. The molecule has 1 saturated heterocycles. The van der Waals surface area contributed by atoms with Crippen molar-refractivity contribution < 1.29 is 24.2 Å². The van der Waals surface area contributed by atoms with E-state index in [4.69, 9.17) is 26.8 Å².